The highest BCUT2D eigenvalue weighted by Gasteiger charge is 2.53. The average Bonchev–Trinajstić information content (AvgIpc) is 2.97. The smallest absolute Gasteiger partial charge is 0.187 e. The van der Waals surface area contributed by atoms with E-state index in [0.717, 1.165) is 0 Å². The van der Waals surface area contributed by atoms with E-state index in [4.69, 9.17) is 33.2 Å². The second-order valence-electron chi connectivity index (χ2n) is 10.7. The summed E-state index contributed by atoms with van der Waals surface area (Å²) >= 11 is 0. The minimum absolute atomic E-state index is 0.462. The molecule has 4 aliphatic rings. The van der Waals surface area contributed by atoms with Crippen molar-refractivity contribution in [3.05, 3.63) is 0 Å². The first-order valence-electron chi connectivity index (χ1n) is 13.4. The Bertz CT molecular complexity index is 855. The normalized spacial score (nSPS) is 54.1. The Kier molecular flexibility index (Phi) is 11.5. The van der Waals surface area contributed by atoms with Crippen molar-refractivity contribution in [2.45, 2.75) is 124 Å². The van der Waals surface area contributed by atoms with Crippen LogP contribution in [-0.2, 0) is 33.2 Å². The summed E-state index contributed by atoms with van der Waals surface area (Å²) in [5.41, 5.74) is 0. The largest absolute Gasteiger partial charge is 0.394 e. The second-order valence-corrected chi connectivity index (χ2v) is 10.7. The van der Waals surface area contributed by atoms with Gasteiger partial charge in [0.05, 0.1) is 25.9 Å². The zero-order valence-electron chi connectivity index (χ0n) is 22.3. The van der Waals surface area contributed by atoms with Crippen molar-refractivity contribution in [3.63, 3.8) is 0 Å². The summed E-state index contributed by atoms with van der Waals surface area (Å²) in [7, 11) is 0. The number of aliphatic hydroxyl groups is 12. The molecule has 0 aliphatic carbocycles. The lowest BCUT2D eigenvalue weighted by Crippen LogP contribution is -2.66. The molecule has 4 fully saturated rings. The van der Waals surface area contributed by atoms with Gasteiger partial charge in [-0.05, 0) is 6.92 Å². The molecule has 0 saturated carbocycles. The van der Waals surface area contributed by atoms with E-state index in [2.05, 4.69) is 0 Å². The molecule has 0 aromatic heterocycles. The van der Waals surface area contributed by atoms with Gasteiger partial charge in [0.15, 0.2) is 25.2 Å². The van der Waals surface area contributed by atoms with Gasteiger partial charge >= 0.3 is 0 Å². The van der Waals surface area contributed by atoms with Crippen molar-refractivity contribution in [1.82, 2.24) is 0 Å². The molecule has 0 bridgehead atoms. The van der Waals surface area contributed by atoms with Crippen molar-refractivity contribution in [1.29, 1.82) is 0 Å². The third-order valence-corrected chi connectivity index (χ3v) is 7.76. The van der Waals surface area contributed by atoms with Crippen LogP contribution in [0.1, 0.15) is 6.92 Å². The molecule has 42 heavy (non-hydrogen) atoms. The summed E-state index contributed by atoms with van der Waals surface area (Å²) < 4.78 is 38.4. The van der Waals surface area contributed by atoms with E-state index in [1.807, 2.05) is 0 Å². The van der Waals surface area contributed by atoms with Crippen LogP contribution in [0.25, 0.3) is 0 Å². The molecule has 19 atom stereocenters. The first-order valence-corrected chi connectivity index (χ1v) is 13.4. The fourth-order valence-electron chi connectivity index (χ4n) is 5.06. The zero-order chi connectivity index (χ0) is 31.0. The summed E-state index contributed by atoms with van der Waals surface area (Å²) in [6.07, 6.45) is -31.4. The van der Waals surface area contributed by atoms with Gasteiger partial charge in [0, 0.05) is 0 Å². The van der Waals surface area contributed by atoms with Crippen LogP contribution in [0.5, 0.6) is 0 Å². The lowest BCUT2D eigenvalue weighted by molar-refractivity contribution is -0.389. The van der Waals surface area contributed by atoms with Crippen molar-refractivity contribution in [2.75, 3.05) is 19.8 Å². The van der Waals surface area contributed by atoms with Gasteiger partial charge in [-0.1, -0.05) is 0 Å². The van der Waals surface area contributed by atoms with E-state index in [9.17, 15) is 61.3 Å². The van der Waals surface area contributed by atoms with Crippen molar-refractivity contribution < 1.29 is 94.4 Å². The van der Waals surface area contributed by atoms with E-state index in [1.165, 1.54) is 6.92 Å². The van der Waals surface area contributed by atoms with Gasteiger partial charge in [-0.15, -0.1) is 0 Å². The topological polar surface area (TPSA) is 307 Å². The minimum Gasteiger partial charge on any atom is -0.394 e. The summed E-state index contributed by atoms with van der Waals surface area (Å²) in [5, 5.41) is 122. The van der Waals surface area contributed by atoms with E-state index in [-0.39, 0.29) is 0 Å². The Labute approximate surface area is 238 Å². The molecule has 4 saturated heterocycles. The van der Waals surface area contributed by atoms with E-state index in [0.29, 0.717) is 0 Å². The van der Waals surface area contributed by atoms with E-state index >= 15 is 0 Å². The number of aliphatic hydroxyl groups excluding tert-OH is 12. The Morgan fingerprint density at radius 3 is 1.83 bits per heavy atom. The van der Waals surface area contributed by atoms with Crippen LogP contribution in [0, 0.1) is 0 Å². The van der Waals surface area contributed by atoms with Gasteiger partial charge in [0.1, 0.15) is 85.5 Å². The summed E-state index contributed by atoms with van der Waals surface area (Å²) in [6, 6.07) is 0. The maximum absolute atomic E-state index is 10.8. The molecule has 19 nitrogen and oxygen atoms in total. The first kappa shape index (κ1) is 34.1. The molecule has 0 aromatic carbocycles. The third-order valence-electron chi connectivity index (χ3n) is 7.76. The molecule has 4 rings (SSSR count). The van der Waals surface area contributed by atoms with Crippen molar-refractivity contribution >= 4 is 0 Å². The third kappa shape index (κ3) is 6.89. The first-order chi connectivity index (χ1) is 19.8. The Morgan fingerprint density at radius 2 is 1.17 bits per heavy atom. The van der Waals surface area contributed by atoms with Crippen LogP contribution in [0.2, 0.25) is 0 Å². The van der Waals surface area contributed by atoms with Crippen LogP contribution >= 0.6 is 0 Å². The number of hydrogen-bond acceptors (Lipinski definition) is 19. The van der Waals surface area contributed by atoms with Crippen LogP contribution in [0.4, 0.5) is 0 Å². The molecule has 0 amide bonds. The Morgan fingerprint density at radius 1 is 0.571 bits per heavy atom. The highest BCUT2D eigenvalue weighted by molar-refractivity contribution is 4.95. The van der Waals surface area contributed by atoms with Gasteiger partial charge in [-0.25, -0.2) is 0 Å². The minimum atomic E-state index is -1.87. The van der Waals surface area contributed by atoms with Gasteiger partial charge in [-0.3, -0.25) is 0 Å². The predicted molar refractivity (Wildman–Crippen MR) is 126 cm³/mol. The summed E-state index contributed by atoms with van der Waals surface area (Å²) in [6.45, 7) is -0.494. The quantitative estimate of drug-likeness (QED) is 0.120. The molecular weight excluding hydrogens is 580 g/mol. The molecule has 4 aliphatic heterocycles. The SMILES string of the molecule is C[C@@H]1O[C@@H](O[C@H]2[C@H](O[C@H]3[C@H](OC[C@H]4O[C@@H](O)[C@H](O)[C@@H](O)[C@@H]4O)OC[C@H](O)[C@@H]3O)O[C@H](CO)[C@@H](O)[C@@H]2O)[C@@H](O)[C@H](O)[C@@H]1O. The van der Waals surface area contributed by atoms with Gasteiger partial charge in [-0.2, -0.15) is 0 Å². The number of rotatable bonds is 8. The van der Waals surface area contributed by atoms with Crippen LogP contribution in [-0.4, -0.2) is 198 Å². The highest BCUT2D eigenvalue weighted by atomic mass is 16.8. The molecule has 0 aromatic rings. The van der Waals surface area contributed by atoms with Crippen molar-refractivity contribution in [3.8, 4) is 0 Å². The number of ether oxygens (including phenoxy) is 7. The van der Waals surface area contributed by atoms with Gasteiger partial charge < -0.3 is 94.4 Å². The van der Waals surface area contributed by atoms with E-state index < -0.39 is 137 Å². The van der Waals surface area contributed by atoms with Crippen LogP contribution < -0.4 is 0 Å². The van der Waals surface area contributed by atoms with Crippen LogP contribution in [0.15, 0.2) is 0 Å². The standard InChI is InChI=1S/C23H40O19/c1-5-9(26)13(30)17(34)21(38-5)41-19-15(32)11(28)7(2-24)40-23(19)42-18-10(27)6(25)3-36-22(18)37-4-8-12(29)14(31)16(33)20(35)39-8/h5-35H,2-4H2,1H3/t5-,6-,7+,8+,9+,10-,11+,12+,13+,14-,15-,16+,17-,18+,19+,20+,21-,22-,23-/m0/s1. The van der Waals surface area contributed by atoms with Crippen molar-refractivity contribution in [2.24, 2.45) is 0 Å². The fourth-order valence-corrected chi connectivity index (χ4v) is 5.06. The molecule has 12 N–H and O–H groups in total. The lowest BCUT2D eigenvalue weighted by Gasteiger charge is -2.47. The lowest BCUT2D eigenvalue weighted by atomic mass is 9.97. The van der Waals surface area contributed by atoms with Crippen LogP contribution in [0.3, 0.4) is 0 Å². The molecule has 4 heterocycles. The maximum Gasteiger partial charge on any atom is 0.187 e. The zero-order valence-corrected chi connectivity index (χ0v) is 22.3. The summed E-state index contributed by atoms with van der Waals surface area (Å²) in [4.78, 5) is 0. The fraction of sp³-hybridized carbons (Fsp3) is 1.00. The Balaban J connectivity index is 1.51. The molecule has 246 valence electrons. The average molecular weight is 621 g/mol. The maximum atomic E-state index is 10.8. The summed E-state index contributed by atoms with van der Waals surface area (Å²) in [5.74, 6) is 0. The van der Waals surface area contributed by atoms with Gasteiger partial charge in [0.2, 0.25) is 0 Å². The monoisotopic (exact) mass is 620 g/mol. The van der Waals surface area contributed by atoms with E-state index in [1.54, 1.807) is 0 Å². The number of hydrogen-bond donors (Lipinski definition) is 12. The molecule has 0 radical (unpaired) electrons. The molecule has 0 unspecified atom stereocenters. The predicted octanol–water partition coefficient (Wildman–Crippen LogP) is -8.08. The highest BCUT2D eigenvalue weighted by Crippen LogP contribution is 2.32. The molecule has 0 spiro atoms. The molecule has 19 heteroatoms. The molecular formula is C23H40O19. The van der Waals surface area contributed by atoms with Gasteiger partial charge in [0.25, 0.3) is 0 Å². The Hall–Kier alpha value is -0.760. The second kappa shape index (κ2) is 14.1.